The van der Waals surface area contributed by atoms with Crippen molar-refractivity contribution in [1.82, 2.24) is 19.8 Å². The van der Waals surface area contributed by atoms with Crippen LogP contribution in [0, 0.1) is 5.92 Å². The summed E-state index contributed by atoms with van der Waals surface area (Å²) >= 11 is 0. The number of fused-ring (bicyclic) bond motifs is 1. The van der Waals surface area contributed by atoms with Gasteiger partial charge in [0.15, 0.2) is 0 Å². The summed E-state index contributed by atoms with van der Waals surface area (Å²) in [6, 6.07) is 17.6. The first-order chi connectivity index (χ1) is 14.6. The van der Waals surface area contributed by atoms with E-state index in [2.05, 4.69) is 5.32 Å². The van der Waals surface area contributed by atoms with E-state index >= 15 is 0 Å². The van der Waals surface area contributed by atoms with Crippen molar-refractivity contribution in [1.29, 1.82) is 0 Å². The zero-order chi connectivity index (χ0) is 21.1. The Kier molecular flexibility index (Phi) is 5.84. The van der Waals surface area contributed by atoms with Gasteiger partial charge in [0.1, 0.15) is 11.9 Å². The number of likely N-dealkylation sites (tertiary alicyclic amines) is 1. The lowest BCUT2D eigenvalue weighted by atomic mass is 9.95. The van der Waals surface area contributed by atoms with Crippen LogP contribution in [-0.4, -0.2) is 39.4 Å². The molecule has 0 aliphatic carbocycles. The van der Waals surface area contributed by atoms with Crippen molar-refractivity contribution in [2.24, 2.45) is 13.0 Å². The molecule has 1 aliphatic rings. The second kappa shape index (κ2) is 8.69. The number of aryl methyl sites for hydroxylation is 1. The van der Waals surface area contributed by atoms with Gasteiger partial charge in [-0.15, -0.1) is 0 Å². The van der Waals surface area contributed by atoms with Crippen LogP contribution in [0.15, 0.2) is 54.6 Å². The number of carbonyl (C=O) groups excluding carboxylic acids is 2. The molecule has 1 saturated heterocycles. The molecule has 1 N–H and O–H groups in total. The molecule has 1 fully saturated rings. The Labute approximate surface area is 176 Å². The number of para-hydroxylation sites is 2. The topological polar surface area (TPSA) is 67.2 Å². The number of hydrogen-bond acceptors (Lipinski definition) is 3. The largest absolute Gasteiger partial charge is 0.342 e. The normalized spacial score (nSPS) is 17.7. The molecule has 2 aromatic carbocycles. The highest BCUT2D eigenvalue weighted by atomic mass is 16.2. The molecular weight excluding hydrogens is 376 g/mol. The second-order valence-electron chi connectivity index (χ2n) is 7.90. The fraction of sp³-hybridized carbons (Fsp3) is 0.375. The van der Waals surface area contributed by atoms with Crippen molar-refractivity contribution < 1.29 is 9.59 Å². The number of nitrogens with one attached hydrogen (secondary N) is 1. The van der Waals surface area contributed by atoms with Gasteiger partial charge in [-0.2, -0.15) is 0 Å². The molecule has 30 heavy (non-hydrogen) atoms. The van der Waals surface area contributed by atoms with Crippen LogP contribution in [0.2, 0.25) is 0 Å². The van der Waals surface area contributed by atoms with Gasteiger partial charge in [-0.1, -0.05) is 49.4 Å². The van der Waals surface area contributed by atoms with Crippen molar-refractivity contribution in [2.45, 2.75) is 32.2 Å². The zero-order valence-corrected chi connectivity index (χ0v) is 17.5. The minimum absolute atomic E-state index is 0.0236. The van der Waals surface area contributed by atoms with Gasteiger partial charge in [-0.25, -0.2) is 4.98 Å². The third kappa shape index (κ3) is 3.95. The Balaban J connectivity index is 1.63. The van der Waals surface area contributed by atoms with E-state index in [-0.39, 0.29) is 23.8 Å². The molecule has 2 unspecified atom stereocenters. The molecule has 2 amide bonds. The maximum atomic E-state index is 13.3. The third-order valence-corrected chi connectivity index (χ3v) is 5.95. The van der Waals surface area contributed by atoms with Gasteiger partial charge in [0.2, 0.25) is 11.8 Å². The smallest absolute Gasteiger partial charge is 0.225 e. The predicted molar refractivity (Wildman–Crippen MR) is 117 cm³/mol. The molecule has 3 aromatic rings. The Morgan fingerprint density at radius 1 is 1.13 bits per heavy atom. The highest BCUT2D eigenvalue weighted by molar-refractivity contribution is 5.82. The summed E-state index contributed by atoms with van der Waals surface area (Å²) in [7, 11) is 1.98. The van der Waals surface area contributed by atoms with Gasteiger partial charge in [0.25, 0.3) is 0 Å². The van der Waals surface area contributed by atoms with Crippen molar-refractivity contribution >= 4 is 22.8 Å². The van der Waals surface area contributed by atoms with E-state index in [1.54, 1.807) is 0 Å². The molecule has 1 aromatic heterocycles. The number of aromatic nitrogens is 2. The third-order valence-electron chi connectivity index (χ3n) is 5.95. The van der Waals surface area contributed by atoms with Gasteiger partial charge in [0, 0.05) is 26.6 Å². The highest BCUT2D eigenvalue weighted by Crippen LogP contribution is 2.26. The van der Waals surface area contributed by atoms with E-state index in [1.165, 1.54) is 0 Å². The first kappa shape index (κ1) is 20.1. The summed E-state index contributed by atoms with van der Waals surface area (Å²) in [6.07, 6.45) is 2.12. The average Bonchev–Trinajstić information content (AvgIpc) is 3.13. The lowest BCUT2D eigenvalue weighted by Gasteiger charge is -2.33. The van der Waals surface area contributed by atoms with Crippen LogP contribution in [0.1, 0.15) is 43.6 Å². The second-order valence-corrected chi connectivity index (χ2v) is 7.90. The summed E-state index contributed by atoms with van der Waals surface area (Å²) in [5.74, 6) is 0.690. The van der Waals surface area contributed by atoms with Gasteiger partial charge in [0.05, 0.1) is 17.0 Å². The molecule has 156 valence electrons. The molecule has 0 saturated carbocycles. The fourth-order valence-corrected chi connectivity index (χ4v) is 4.27. The van der Waals surface area contributed by atoms with Gasteiger partial charge in [-0.3, -0.25) is 9.59 Å². The maximum Gasteiger partial charge on any atom is 0.225 e. The molecule has 0 bridgehead atoms. The molecule has 4 rings (SSSR count). The Hall–Kier alpha value is -3.15. The summed E-state index contributed by atoms with van der Waals surface area (Å²) in [4.78, 5) is 32.0. The molecule has 2 heterocycles. The summed E-state index contributed by atoms with van der Waals surface area (Å²) in [5, 5.41) is 3.24. The maximum absolute atomic E-state index is 13.3. The monoisotopic (exact) mass is 404 g/mol. The SMILES string of the molecule is CCC(=O)N1CCCC(C(=O)NC(c2ccccc2)c2nc3ccccc3n2C)C1. The number of amides is 2. The molecule has 1 aliphatic heterocycles. The molecule has 0 radical (unpaired) electrons. The van der Waals surface area contributed by atoms with Crippen molar-refractivity contribution in [2.75, 3.05) is 13.1 Å². The number of benzene rings is 2. The van der Waals surface area contributed by atoms with Gasteiger partial charge in [-0.05, 0) is 30.5 Å². The molecule has 6 nitrogen and oxygen atoms in total. The van der Waals surface area contributed by atoms with Gasteiger partial charge < -0.3 is 14.8 Å². The Bertz CT molecular complexity index is 1040. The van der Waals surface area contributed by atoms with E-state index in [0.29, 0.717) is 13.0 Å². The molecule has 6 heteroatoms. The van der Waals surface area contributed by atoms with Crippen LogP contribution in [0.4, 0.5) is 0 Å². The fourth-order valence-electron chi connectivity index (χ4n) is 4.27. The number of piperidine rings is 1. The van der Waals surface area contributed by atoms with E-state index in [0.717, 1.165) is 41.8 Å². The average molecular weight is 405 g/mol. The van der Waals surface area contributed by atoms with E-state index in [1.807, 2.05) is 78.0 Å². The van der Waals surface area contributed by atoms with E-state index in [4.69, 9.17) is 4.98 Å². The number of imidazole rings is 1. The summed E-state index contributed by atoms with van der Waals surface area (Å²) in [6.45, 7) is 3.09. The first-order valence-corrected chi connectivity index (χ1v) is 10.6. The van der Waals surface area contributed by atoms with Crippen molar-refractivity contribution in [3.05, 3.63) is 66.0 Å². The van der Waals surface area contributed by atoms with Crippen LogP contribution < -0.4 is 5.32 Å². The van der Waals surface area contributed by atoms with Crippen LogP contribution in [0.5, 0.6) is 0 Å². The van der Waals surface area contributed by atoms with E-state index in [9.17, 15) is 9.59 Å². The number of carbonyl (C=O) groups is 2. The number of hydrogen-bond donors (Lipinski definition) is 1. The van der Waals surface area contributed by atoms with E-state index < -0.39 is 0 Å². The first-order valence-electron chi connectivity index (χ1n) is 10.6. The quantitative estimate of drug-likeness (QED) is 0.708. The minimum Gasteiger partial charge on any atom is -0.342 e. The molecular formula is C24H28N4O2. The Morgan fingerprint density at radius 2 is 1.87 bits per heavy atom. The van der Waals surface area contributed by atoms with Gasteiger partial charge >= 0.3 is 0 Å². The highest BCUT2D eigenvalue weighted by Gasteiger charge is 2.31. The van der Waals surface area contributed by atoms with Crippen LogP contribution in [0.25, 0.3) is 11.0 Å². The minimum atomic E-state index is -0.353. The number of nitrogens with zero attached hydrogens (tertiary/aromatic N) is 3. The van der Waals surface area contributed by atoms with Crippen molar-refractivity contribution in [3.8, 4) is 0 Å². The summed E-state index contributed by atoms with van der Waals surface area (Å²) in [5.41, 5.74) is 2.92. The standard InChI is InChI=1S/C24H28N4O2/c1-3-21(29)28-15-9-12-18(16-28)24(30)26-22(17-10-5-4-6-11-17)23-25-19-13-7-8-14-20(19)27(23)2/h4-8,10-11,13-14,18,22H,3,9,12,15-16H2,1-2H3,(H,26,30). The molecule has 2 atom stereocenters. The zero-order valence-electron chi connectivity index (χ0n) is 17.5. The number of rotatable bonds is 5. The van der Waals surface area contributed by atoms with Crippen LogP contribution >= 0.6 is 0 Å². The molecule has 0 spiro atoms. The predicted octanol–water partition coefficient (Wildman–Crippen LogP) is 3.43. The van der Waals surface area contributed by atoms with Crippen molar-refractivity contribution in [3.63, 3.8) is 0 Å². The summed E-state index contributed by atoms with van der Waals surface area (Å²) < 4.78 is 2.04. The van der Waals surface area contributed by atoms with Crippen LogP contribution in [0.3, 0.4) is 0 Å². The van der Waals surface area contributed by atoms with Crippen LogP contribution in [-0.2, 0) is 16.6 Å². The Morgan fingerprint density at radius 3 is 2.60 bits per heavy atom. The lowest BCUT2D eigenvalue weighted by molar-refractivity contribution is -0.135. The lowest BCUT2D eigenvalue weighted by Crippen LogP contribution is -2.46.